The van der Waals surface area contributed by atoms with E-state index in [0.29, 0.717) is 21.8 Å². The number of nitrogens with one attached hydrogen (secondary N) is 1. The zero-order chi connectivity index (χ0) is 24.2. The molecule has 2 heterocycles. The van der Waals surface area contributed by atoms with Crippen LogP contribution in [-0.4, -0.2) is 35.7 Å². The first kappa shape index (κ1) is 23.8. The van der Waals surface area contributed by atoms with Gasteiger partial charge < -0.3 is 10.1 Å². The van der Waals surface area contributed by atoms with Gasteiger partial charge in [0.1, 0.15) is 12.4 Å². The van der Waals surface area contributed by atoms with Gasteiger partial charge in [0.2, 0.25) is 5.91 Å². The molecule has 2 aromatic carbocycles. The van der Waals surface area contributed by atoms with Gasteiger partial charge in [-0.3, -0.25) is 14.0 Å². The van der Waals surface area contributed by atoms with Crippen LogP contribution in [0.15, 0.2) is 59.8 Å². The lowest BCUT2D eigenvalue weighted by Gasteiger charge is -2.14. The maximum absolute atomic E-state index is 13.0. The largest absolute Gasteiger partial charge is 0.484 e. The topological polar surface area (TPSA) is 86.9 Å². The summed E-state index contributed by atoms with van der Waals surface area (Å²) in [4.78, 5) is 13.0. The number of anilines is 1. The van der Waals surface area contributed by atoms with Crippen LogP contribution in [0.4, 0.5) is 5.69 Å². The molecule has 1 atom stereocenters. The number of halogens is 1. The van der Waals surface area contributed by atoms with Crippen molar-refractivity contribution in [1.82, 2.24) is 24.5 Å². The number of hydrogen-bond acceptors (Lipinski definition) is 6. The predicted octanol–water partition coefficient (Wildman–Crippen LogP) is 4.97. The number of carbonyl (C=O) groups is 1. The van der Waals surface area contributed by atoms with E-state index < -0.39 is 5.25 Å². The maximum Gasteiger partial charge on any atom is 0.237 e. The molecular weight excluding hydrogens is 472 g/mol. The molecule has 0 radical (unpaired) electrons. The Morgan fingerprint density at radius 3 is 2.50 bits per heavy atom. The second-order valence-corrected chi connectivity index (χ2v) is 9.42. The molecule has 176 valence electrons. The van der Waals surface area contributed by atoms with Crippen molar-refractivity contribution in [3.8, 4) is 11.4 Å². The van der Waals surface area contributed by atoms with Crippen LogP contribution in [0.1, 0.15) is 24.1 Å². The third-order valence-electron chi connectivity index (χ3n) is 5.32. The summed E-state index contributed by atoms with van der Waals surface area (Å²) in [6.45, 7) is 5.80. The number of amides is 1. The number of thioether (sulfide) groups is 1. The molecule has 0 aliphatic carbocycles. The van der Waals surface area contributed by atoms with E-state index in [2.05, 4.69) is 20.6 Å². The molecule has 10 heteroatoms. The van der Waals surface area contributed by atoms with Crippen LogP contribution >= 0.6 is 23.4 Å². The average Bonchev–Trinajstić information content (AvgIpc) is 3.33. The number of carbonyl (C=O) groups excluding carboxylic acids is 1. The minimum absolute atomic E-state index is 0.138. The van der Waals surface area contributed by atoms with Crippen molar-refractivity contribution in [2.45, 2.75) is 37.8 Å². The van der Waals surface area contributed by atoms with Crippen LogP contribution in [0.5, 0.6) is 5.75 Å². The Hall–Kier alpha value is -3.30. The predicted molar refractivity (Wildman–Crippen MR) is 134 cm³/mol. The van der Waals surface area contributed by atoms with Crippen LogP contribution in [0, 0.1) is 13.8 Å². The first-order valence-corrected chi connectivity index (χ1v) is 12.0. The molecule has 0 bridgehead atoms. The average molecular weight is 497 g/mol. The molecule has 8 nitrogen and oxygen atoms in total. The Labute approximate surface area is 207 Å². The molecular formula is C24H25ClN6O2S. The summed E-state index contributed by atoms with van der Waals surface area (Å²) >= 11 is 7.55. The standard InChI is InChI=1S/C24H25ClN6O2S/c1-15-22(16(2)30(4)29-15)26-23(32)17(3)34-24-28-27-21(31(24)18-10-6-5-7-11-18)14-33-20-13-9-8-12-19(20)25/h5-13,17H,14H2,1-4H3,(H,26,32). The van der Waals surface area contributed by atoms with Crippen molar-refractivity contribution in [3.63, 3.8) is 0 Å². The van der Waals surface area contributed by atoms with Crippen molar-refractivity contribution in [2.24, 2.45) is 7.05 Å². The minimum atomic E-state index is -0.428. The summed E-state index contributed by atoms with van der Waals surface area (Å²) in [5, 5.41) is 16.7. The highest BCUT2D eigenvalue weighted by Gasteiger charge is 2.23. The number of hydrogen-bond donors (Lipinski definition) is 1. The third kappa shape index (κ3) is 5.10. The van der Waals surface area contributed by atoms with Gasteiger partial charge in [0.15, 0.2) is 11.0 Å². The first-order chi connectivity index (χ1) is 16.3. The van der Waals surface area contributed by atoms with Crippen LogP contribution in [0.3, 0.4) is 0 Å². The van der Waals surface area contributed by atoms with E-state index in [0.717, 1.165) is 22.8 Å². The van der Waals surface area contributed by atoms with E-state index in [-0.39, 0.29) is 12.5 Å². The van der Waals surface area contributed by atoms with Crippen molar-refractivity contribution in [3.05, 3.63) is 76.8 Å². The van der Waals surface area contributed by atoms with Crippen LogP contribution in [-0.2, 0) is 18.4 Å². The van der Waals surface area contributed by atoms with Gasteiger partial charge in [-0.25, -0.2) is 0 Å². The van der Waals surface area contributed by atoms with E-state index in [1.807, 2.05) is 74.9 Å². The lowest BCUT2D eigenvalue weighted by Crippen LogP contribution is -2.23. The number of nitrogens with zero attached hydrogens (tertiary/aromatic N) is 5. The van der Waals surface area contributed by atoms with Crippen molar-refractivity contribution < 1.29 is 9.53 Å². The first-order valence-electron chi connectivity index (χ1n) is 10.7. The van der Waals surface area contributed by atoms with E-state index in [1.54, 1.807) is 16.8 Å². The number of ether oxygens (including phenoxy) is 1. The lowest BCUT2D eigenvalue weighted by molar-refractivity contribution is -0.115. The molecule has 0 aliphatic rings. The Bertz CT molecular complexity index is 1300. The number of benzene rings is 2. The molecule has 4 aromatic rings. The lowest BCUT2D eigenvalue weighted by atomic mass is 10.3. The van der Waals surface area contributed by atoms with Crippen molar-refractivity contribution >= 4 is 35.0 Å². The number of para-hydroxylation sites is 2. The second kappa shape index (κ2) is 10.3. The molecule has 1 N–H and O–H groups in total. The SMILES string of the molecule is Cc1nn(C)c(C)c1NC(=O)C(C)Sc1nnc(COc2ccccc2Cl)n1-c1ccccc1. The Morgan fingerprint density at radius 1 is 1.12 bits per heavy atom. The van der Waals surface area contributed by atoms with E-state index in [1.165, 1.54) is 11.8 Å². The van der Waals surface area contributed by atoms with Crippen molar-refractivity contribution in [2.75, 3.05) is 5.32 Å². The Kier molecular flexibility index (Phi) is 7.23. The van der Waals surface area contributed by atoms with Gasteiger partial charge >= 0.3 is 0 Å². The van der Waals surface area contributed by atoms with Gasteiger partial charge in [-0.05, 0) is 45.0 Å². The van der Waals surface area contributed by atoms with Gasteiger partial charge in [0.25, 0.3) is 0 Å². The van der Waals surface area contributed by atoms with Crippen LogP contribution in [0.2, 0.25) is 5.02 Å². The summed E-state index contributed by atoms with van der Waals surface area (Å²) in [5.74, 6) is 1.02. The van der Waals surface area contributed by atoms with Crippen molar-refractivity contribution in [1.29, 1.82) is 0 Å². The summed E-state index contributed by atoms with van der Waals surface area (Å²) < 4.78 is 9.55. The van der Waals surface area contributed by atoms with Gasteiger partial charge in [-0.2, -0.15) is 5.10 Å². The highest BCUT2D eigenvalue weighted by molar-refractivity contribution is 8.00. The normalized spacial score (nSPS) is 11.9. The fraction of sp³-hybridized carbons (Fsp3) is 0.250. The van der Waals surface area contributed by atoms with Crippen LogP contribution < -0.4 is 10.1 Å². The number of aromatic nitrogens is 5. The molecule has 4 rings (SSSR count). The Morgan fingerprint density at radius 2 is 1.82 bits per heavy atom. The summed E-state index contributed by atoms with van der Waals surface area (Å²) in [6.07, 6.45) is 0. The zero-order valence-electron chi connectivity index (χ0n) is 19.3. The van der Waals surface area contributed by atoms with Gasteiger partial charge in [0, 0.05) is 12.7 Å². The Balaban J connectivity index is 1.56. The van der Waals surface area contributed by atoms with E-state index in [4.69, 9.17) is 16.3 Å². The molecule has 0 saturated heterocycles. The van der Waals surface area contributed by atoms with E-state index in [9.17, 15) is 4.79 Å². The molecule has 34 heavy (non-hydrogen) atoms. The quantitative estimate of drug-likeness (QED) is 0.346. The molecule has 0 spiro atoms. The van der Waals surface area contributed by atoms with Gasteiger partial charge in [0.05, 0.1) is 27.3 Å². The molecule has 0 aliphatic heterocycles. The monoisotopic (exact) mass is 496 g/mol. The number of aryl methyl sites for hydroxylation is 2. The zero-order valence-corrected chi connectivity index (χ0v) is 20.9. The summed E-state index contributed by atoms with van der Waals surface area (Å²) in [5.41, 5.74) is 3.28. The van der Waals surface area contributed by atoms with E-state index >= 15 is 0 Å². The molecule has 1 unspecified atom stereocenters. The summed E-state index contributed by atoms with van der Waals surface area (Å²) in [6, 6.07) is 17.0. The fourth-order valence-corrected chi connectivity index (χ4v) is 4.48. The molecule has 1 amide bonds. The molecule has 2 aromatic heterocycles. The highest BCUT2D eigenvalue weighted by Crippen LogP contribution is 2.29. The maximum atomic E-state index is 13.0. The second-order valence-electron chi connectivity index (χ2n) is 7.71. The van der Waals surface area contributed by atoms with Gasteiger partial charge in [-0.1, -0.05) is 53.7 Å². The molecule has 0 fully saturated rings. The minimum Gasteiger partial charge on any atom is -0.484 e. The number of rotatable bonds is 8. The molecule has 0 saturated carbocycles. The highest BCUT2D eigenvalue weighted by atomic mass is 35.5. The van der Waals surface area contributed by atoms with Crippen LogP contribution in [0.25, 0.3) is 5.69 Å². The van der Waals surface area contributed by atoms with Gasteiger partial charge in [-0.15, -0.1) is 10.2 Å². The smallest absolute Gasteiger partial charge is 0.237 e. The fourth-order valence-electron chi connectivity index (χ4n) is 3.40. The third-order valence-corrected chi connectivity index (χ3v) is 6.67. The summed E-state index contributed by atoms with van der Waals surface area (Å²) in [7, 11) is 1.85.